The first-order valence-corrected chi connectivity index (χ1v) is 4.30. The molecule has 0 heterocycles. The van der Waals surface area contributed by atoms with Gasteiger partial charge in [-0.25, -0.2) is 0 Å². The molecule has 0 saturated carbocycles. The van der Waals surface area contributed by atoms with Gasteiger partial charge in [-0.2, -0.15) is 5.26 Å². The third-order valence-corrected chi connectivity index (χ3v) is 2.13. The average Bonchev–Trinajstić information content (AvgIpc) is 2.21. The minimum Gasteiger partial charge on any atom is -0.468 e. The summed E-state index contributed by atoms with van der Waals surface area (Å²) in [5.41, 5.74) is 0.475. The van der Waals surface area contributed by atoms with E-state index in [0.717, 1.165) is 0 Å². The second-order valence-electron chi connectivity index (χ2n) is 2.61. The number of esters is 1. The second-order valence-corrected chi connectivity index (χ2v) is 3.01. The van der Waals surface area contributed by atoms with E-state index in [1.54, 1.807) is 24.3 Å². The van der Waals surface area contributed by atoms with E-state index >= 15 is 0 Å². The van der Waals surface area contributed by atoms with E-state index in [1.807, 2.05) is 6.07 Å². The Morgan fingerprint density at radius 1 is 1.57 bits per heavy atom. The van der Waals surface area contributed by atoms with E-state index < -0.39 is 11.9 Å². The summed E-state index contributed by atoms with van der Waals surface area (Å²) < 4.78 is 4.49. The van der Waals surface area contributed by atoms with Gasteiger partial charge in [0, 0.05) is 5.02 Å². The van der Waals surface area contributed by atoms with Gasteiger partial charge in [0.1, 0.15) is 0 Å². The number of carbonyl (C=O) groups excluding carboxylic acids is 1. The van der Waals surface area contributed by atoms with Crippen molar-refractivity contribution in [1.82, 2.24) is 0 Å². The molecule has 72 valence electrons. The van der Waals surface area contributed by atoms with Crippen LogP contribution in [0.1, 0.15) is 11.5 Å². The lowest BCUT2D eigenvalue weighted by Gasteiger charge is -2.08. The molecule has 1 aromatic carbocycles. The molecule has 0 bridgehead atoms. The number of benzene rings is 1. The molecule has 1 rings (SSSR count). The second kappa shape index (κ2) is 4.64. The lowest BCUT2D eigenvalue weighted by Crippen LogP contribution is -2.12. The molecule has 1 unspecified atom stereocenters. The molecule has 4 heteroatoms. The van der Waals surface area contributed by atoms with Crippen molar-refractivity contribution in [3.63, 3.8) is 0 Å². The maximum absolute atomic E-state index is 11.2. The zero-order valence-corrected chi connectivity index (χ0v) is 8.28. The van der Waals surface area contributed by atoms with Gasteiger partial charge in [0.2, 0.25) is 0 Å². The summed E-state index contributed by atoms with van der Waals surface area (Å²) >= 11 is 5.84. The largest absolute Gasteiger partial charge is 0.468 e. The number of hydrogen-bond donors (Lipinski definition) is 0. The number of nitrogens with zero attached hydrogens (tertiary/aromatic N) is 1. The quantitative estimate of drug-likeness (QED) is 0.701. The molecule has 0 saturated heterocycles. The number of carbonyl (C=O) groups is 1. The van der Waals surface area contributed by atoms with Crippen molar-refractivity contribution in [3.8, 4) is 6.07 Å². The molecule has 0 aliphatic carbocycles. The molecular formula is C10H8ClNO2. The van der Waals surface area contributed by atoms with Crippen molar-refractivity contribution in [1.29, 1.82) is 5.26 Å². The van der Waals surface area contributed by atoms with Crippen LogP contribution >= 0.6 is 11.6 Å². The number of halogens is 1. The summed E-state index contributed by atoms with van der Waals surface area (Å²) in [6.45, 7) is 0. The number of nitriles is 1. The van der Waals surface area contributed by atoms with Crippen molar-refractivity contribution in [2.24, 2.45) is 0 Å². The fraction of sp³-hybridized carbons (Fsp3) is 0.200. The maximum atomic E-state index is 11.2. The molecule has 0 fully saturated rings. The monoisotopic (exact) mass is 209 g/mol. The summed E-state index contributed by atoms with van der Waals surface area (Å²) in [5.74, 6) is -1.55. The van der Waals surface area contributed by atoms with Gasteiger partial charge in [0.15, 0.2) is 5.92 Å². The highest BCUT2D eigenvalue weighted by Gasteiger charge is 2.22. The van der Waals surface area contributed by atoms with Crippen LogP contribution in [0.5, 0.6) is 0 Å². The Hall–Kier alpha value is -1.53. The number of rotatable bonds is 2. The minimum absolute atomic E-state index is 0.393. The smallest absolute Gasteiger partial charge is 0.327 e. The van der Waals surface area contributed by atoms with Gasteiger partial charge >= 0.3 is 5.97 Å². The van der Waals surface area contributed by atoms with Crippen LogP contribution in [0.4, 0.5) is 0 Å². The minimum atomic E-state index is -0.950. The van der Waals surface area contributed by atoms with E-state index in [-0.39, 0.29) is 0 Å². The standard InChI is InChI=1S/C10H8ClNO2/c1-14-10(13)8(6-12)7-4-2-3-5-9(7)11/h2-5,8H,1H3. The van der Waals surface area contributed by atoms with Gasteiger partial charge in [-0.1, -0.05) is 29.8 Å². The molecule has 0 aliphatic heterocycles. The first-order chi connectivity index (χ1) is 6.70. The van der Waals surface area contributed by atoms with E-state index in [4.69, 9.17) is 16.9 Å². The molecular weight excluding hydrogens is 202 g/mol. The lowest BCUT2D eigenvalue weighted by atomic mass is 10.0. The molecule has 0 aliphatic rings. The molecule has 0 radical (unpaired) electrons. The van der Waals surface area contributed by atoms with Crippen LogP contribution in [0.2, 0.25) is 5.02 Å². The SMILES string of the molecule is COC(=O)C(C#N)c1ccccc1Cl. The van der Waals surface area contributed by atoms with Crippen molar-refractivity contribution in [2.45, 2.75) is 5.92 Å². The molecule has 1 atom stereocenters. The van der Waals surface area contributed by atoms with Crippen molar-refractivity contribution in [3.05, 3.63) is 34.9 Å². The summed E-state index contributed by atoms with van der Waals surface area (Å²) in [6, 6.07) is 8.56. The van der Waals surface area contributed by atoms with Gasteiger partial charge in [-0.15, -0.1) is 0 Å². The fourth-order valence-corrected chi connectivity index (χ4v) is 1.32. The molecule has 3 nitrogen and oxygen atoms in total. The Kier molecular flexibility index (Phi) is 3.49. The highest BCUT2D eigenvalue weighted by molar-refractivity contribution is 6.31. The van der Waals surface area contributed by atoms with Crippen molar-refractivity contribution in [2.75, 3.05) is 7.11 Å². The Bertz CT molecular complexity index is 384. The van der Waals surface area contributed by atoms with Gasteiger partial charge in [-0.05, 0) is 11.6 Å². The Morgan fingerprint density at radius 2 is 2.21 bits per heavy atom. The highest BCUT2D eigenvalue weighted by Crippen LogP contribution is 2.24. The molecule has 14 heavy (non-hydrogen) atoms. The maximum Gasteiger partial charge on any atom is 0.327 e. The van der Waals surface area contributed by atoms with Crippen LogP contribution in [-0.2, 0) is 9.53 Å². The predicted molar refractivity (Wildman–Crippen MR) is 51.8 cm³/mol. The van der Waals surface area contributed by atoms with E-state index in [1.165, 1.54) is 7.11 Å². The van der Waals surface area contributed by atoms with Gasteiger partial charge in [0.25, 0.3) is 0 Å². The number of methoxy groups -OCH3 is 1. The van der Waals surface area contributed by atoms with E-state index in [0.29, 0.717) is 10.6 Å². The zero-order chi connectivity index (χ0) is 10.6. The fourth-order valence-electron chi connectivity index (χ4n) is 1.08. The number of hydrogen-bond acceptors (Lipinski definition) is 3. The molecule has 0 aromatic heterocycles. The zero-order valence-electron chi connectivity index (χ0n) is 7.53. The third-order valence-electron chi connectivity index (χ3n) is 1.78. The van der Waals surface area contributed by atoms with Gasteiger partial charge in [-0.3, -0.25) is 4.79 Å². The Labute approximate surface area is 86.9 Å². The summed E-state index contributed by atoms with van der Waals surface area (Å²) in [5, 5.41) is 9.19. The van der Waals surface area contributed by atoms with Crippen LogP contribution in [0.25, 0.3) is 0 Å². The summed E-state index contributed by atoms with van der Waals surface area (Å²) in [4.78, 5) is 11.2. The van der Waals surface area contributed by atoms with E-state index in [2.05, 4.69) is 4.74 Å². The predicted octanol–water partition coefficient (Wildman–Crippen LogP) is 2.12. The lowest BCUT2D eigenvalue weighted by molar-refractivity contribution is -0.140. The first kappa shape index (κ1) is 10.6. The Balaban J connectivity index is 3.09. The highest BCUT2D eigenvalue weighted by atomic mass is 35.5. The van der Waals surface area contributed by atoms with Crippen molar-refractivity contribution >= 4 is 17.6 Å². The van der Waals surface area contributed by atoms with E-state index in [9.17, 15) is 4.79 Å². The summed E-state index contributed by atoms with van der Waals surface area (Å²) in [6.07, 6.45) is 0. The van der Waals surface area contributed by atoms with Crippen LogP contribution in [0, 0.1) is 11.3 Å². The molecule has 0 N–H and O–H groups in total. The topological polar surface area (TPSA) is 50.1 Å². The third kappa shape index (κ3) is 2.04. The Morgan fingerprint density at radius 3 is 2.71 bits per heavy atom. The van der Waals surface area contributed by atoms with Crippen LogP contribution in [-0.4, -0.2) is 13.1 Å². The van der Waals surface area contributed by atoms with Gasteiger partial charge in [0.05, 0.1) is 13.2 Å². The summed E-state index contributed by atoms with van der Waals surface area (Å²) in [7, 11) is 1.24. The van der Waals surface area contributed by atoms with Gasteiger partial charge < -0.3 is 4.74 Å². The normalized spacial score (nSPS) is 11.5. The van der Waals surface area contributed by atoms with Crippen LogP contribution < -0.4 is 0 Å². The van der Waals surface area contributed by atoms with Crippen LogP contribution in [0.15, 0.2) is 24.3 Å². The van der Waals surface area contributed by atoms with Crippen molar-refractivity contribution < 1.29 is 9.53 Å². The molecule has 0 amide bonds. The average molecular weight is 210 g/mol. The molecule has 1 aromatic rings. The van der Waals surface area contributed by atoms with Crippen LogP contribution in [0.3, 0.4) is 0 Å². The number of ether oxygens (including phenoxy) is 1. The first-order valence-electron chi connectivity index (χ1n) is 3.92. The molecule has 0 spiro atoms.